The Balaban J connectivity index is 2.53. The number of methoxy groups -OCH3 is 1. The summed E-state index contributed by atoms with van der Waals surface area (Å²) in [5.74, 6) is 0.755. The summed E-state index contributed by atoms with van der Waals surface area (Å²) in [5, 5.41) is 0.601. The van der Waals surface area contributed by atoms with Crippen molar-refractivity contribution >= 4 is 23.2 Å². The zero-order valence-corrected chi connectivity index (χ0v) is 10.2. The van der Waals surface area contributed by atoms with E-state index in [1.54, 1.807) is 19.1 Å². The van der Waals surface area contributed by atoms with Crippen molar-refractivity contribution in [2.24, 2.45) is 0 Å². The molecule has 86 valence electrons. The van der Waals surface area contributed by atoms with Crippen LogP contribution in [0.1, 0.15) is 18.4 Å². The SMILES string of the molecule is COc1cc2c(cc1Cl)CCCC(=O)N2C. The number of carbonyl (C=O) groups is 1. The third-order valence-electron chi connectivity index (χ3n) is 2.93. The molecule has 0 N–H and O–H groups in total. The van der Waals surface area contributed by atoms with Gasteiger partial charge in [-0.3, -0.25) is 4.79 Å². The Morgan fingerprint density at radius 3 is 2.81 bits per heavy atom. The van der Waals surface area contributed by atoms with Crippen molar-refractivity contribution < 1.29 is 9.53 Å². The van der Waals surface area contributed by atoms with Gasteiger partial charge in [0.2, 0.25) is 5.91 Å². The first-order valence-electron chi connectivity index (χ1n) is 5.26. The summed E-state index contributed by atoms with van der Waals surface area (Å²) in [6.07, 6.45) is 2.35. The molecule has 3 nitrogen and oxygen atoms in total. The maximum Gasteiger partial charge on any atom is 0.226 e. The van der Waals surface area contributed by atoms with E-state index in [-0.39, 0.29) is 5.91 Å². The Kier molecular flexibility index (Phi) is 3.06. The Hall–Kier alpha value is -1.22. The van der Waals surface area contributed by atoms with Crippen molar-refractivity contribution in [3.8, 4) is 5.75 Å². The summed E-state index contributed by atoms with van der Waals surface area (Å²) < 4.78 is 5.17. The molecule has 0 atom stereocenters. The summed E-state index contributed by atoms with van der Waals surface area (Å²) in [7, 11) is 3.37. The minimum atomic E-state index is 0.142. The van der Waals surface area contributed by atoms with E-state index in [9.17, 15) is 4.79 Å². The predicted molar refractivity (Wildman–Crippen MR) is 64.4 cm³/mol. The normalized spacial score (nSPS) is 15.7. The molecule has 0 fully saturated rings. The number of halogens is 1. The van der Waals surface area contributed by atoms with Gasteiger partial charge < -0.3 is 9.64 Å². The molecular formula is C12H14ClNO2. The third kappa shape index (κ3) is 1.87. The summed E-state index contributed by atoms with van der Waals surface area (Å²) in [4.78, 5) is 13.4. The molecule has 1 aromatic rings. The number of fused-ring (bicyclic) bond motifs is 1. The van der Waals surface area contributed by atoms with E-state index < -0.39 is 0 Å². The lowest BCUT2D eigenvalue weighted by Crippen LogP contribution is -2.25. The first-order chi connectivity index (χ1) is 7.63. The molecule has 0 saturated heterocycles. The number of hydrogen-bond acceptors (Lipinski definition) is 2. The maximum absolute atomic E-state index is 11.7. The average Bonchev–Trinajstić information content (AvgIpc) is 2.39. The zero-order chi connectivity index (χ0) is 11.7. The van der Waals surface area contributed by atoms with Gasteiger partial charge in [0.15, 0.2) is 0 Å². The second-order valence-electron chi connectivity index (χ2n) is 3.92. The molecule has 2 rings (SSSR count). The van der Waals surface area contributed by atoms with Crippen LogP contribution in [0.3, 0.4) is 0 Å². The molecule has 16 heavy (non-hydrogen) atoms. The molecular weight excluding hydrogens is 226 g/mol. The van der Waals surface area contributed by atoms with Gasteiger partial charge in [-0.05, 0) is 24.5 Å². The standard InChI is InChI=1S/C12H14ClNO2/c1-14-10-7-11(16-2)9(13)6-8(10)4-3-5-12(14)15/h6-7H,3-5H2,1-2H3. The number of rotatable bonds is 1. The van der Waals surface area contributed by atoms with Crippen LogP contribution < -0.4 is 9.64 Å². The summed E-state index contributed by atoms with van der Waals surface area (Å²) in [5.41, 5.74) is 2.02. The number of hydrogen-bond donors (Lipinski definition) is 0. The Labute approximate surface area is 100.0 Å². The smallest absolute Gasteiger partial charge is 0.226 e. The minimum absolute atomic E-state index is 0.142. The number of carbonyl (C=O) groups excluding carboxylic acids is 1. The van der Waals surface area contributed by atoms with Crippen LogP contribution in [-0.2, 0) is 11.2 Å². The van der Waals surface area contributed by atoms with Gasteiger partial charge in [0.25, 0.3) is 0 Å². The molecule has 0 bridgehead atoms. The first-order valence-corrected chi connectivity index (χ1v) is 5.64. The summed E-state index contributed by atoms with van der Waals surface area (Å²) in [6.45, 7) is 0. The van der Waals surface area contributed by atoms with Gasteiger partial charge in [-0.25, -0.2) is 0 Å². The lowest BCUT2D eigenvalue weighted by molar-refractivity contribution is -0.118. The van der Waals surface area contributed by atoms with Crippen molar-refractivity contribution in [2.75, 3.05) is 19.1 Å². The van der Waals surface area contributed by atoms with E-state index in [0.717, 1.165) is 24.1 Å². The van der Waals surface area contributed by atoms with Crippen molar-refractivity contribution in [1.29, 1.82) is 0 Å². The molecule has 0 aromatic heterocycles. The highest BCUT2D eigenvalue weighted by Crippen LogP contribution is 2.35. The van der Waals surface area contributed by atoms with Gasteiger partial charge in [0, 0.05) is 19.5 Å². The van der Waals surface area contributed by atoms with Gasteiger partial charge >= 0.3 is 0 Å². The van der Waals surface area contributed by atoms with E-state index in [0.29, 0.717) is 17.2 Å². The molecule has 1 aromatic carbocycles. The molecule has 0 radical (unpaired) electrons. The zero-order valence-electron chi connectivity index (χ0n) is 9.42. The topological polar surface area (TPSA) is 29.5 Å². The van der Waals surface area contributed by atoms with Gasteiger partial charge in [0.1, 0.15) is 5.75 Å². The average molecular weight is 240 g/mol. The lowest BCUT2D eigenvalue weighted by atomic mass is 10.1. The van der Waals surface area contributed by atoms with Gasteiger partial charge in [0.05, 0.1) is 17.8 Å². The molecule has 0 unspecified atom stereocenters. The predicted octanol–water partition coefficient (Wildman–Crippen LogP) is 2.65. The number of amides is 1. The summed E-state index contributed by atoms with van der Waals surface area (Å²) >= 11 is 6.07. The maximum atomic E-state index is 11.7. The molecule has 0 saturated carbocycles. The van der Waals surface area contributed by atoms with E-state index in [1.165, 1.54) is 0 Å². The molecule has 1 heterocycles. The fourth-order valence-electron chi connectivity index (χ4n) is 1.98. The van der Waals surface area contributed by atoms with Gasteiger partial charge in [-0.1, -0.05) is 11.6 Å². The summed E-state index contributed by atoms with van der Waals surface area (Å²) in [6, 6.07) is 3.73. The highest BCUT2D eigenvalue weighted by atomic mass is 35.5. The Morgan fingerprint density at radius 2 is 2.12 bits per heavy atom. The highest BCUT2D eigenvalue weighted by Gasteiger charge is 2.20. The van der Waals surface area contributed by atoms with E-state index in [2.05, 4.69) is 0 Å². The van der Waals surface area contributed by atoms with Crippen LogP contribution in [0.25, 0.3) is 0 Å². The van der Waals surface area contributed by atoms with E-state index in [1.807, 2.05) is 12.1 Å². The second-order valence-corrected chi connectivity index (χ2v) is 4.33. The molecule has 0 spiro atoms. The van der Waals surface area contributed by atoms with Crippen molar-refractivity contribution in [2.45, 2.75) is 19.3 Å². The van der Waals surface area contributed by atoms with Crippen LogP contribution in [0.15, 0.2) is 12.1 Å². The Bertz CT molecular complexity index is 431. The van der Waals surface area contributed by atoms with Gasteiger partial charge in [-0.2, -0.15) is 0 Å². The van der Waals surface area contributed by atoms with Crippen LogP contribution in [0.2, 0.25) is 5.02 Å². The molecule has 0 aliphatic carbocycles. The molecule has 1 amide bonds. The first kappa shape index (κ1) is 11.3. The number of anilines is 1. The lowest BCUT2D eigenvalue weighted by Gasteiger charge is -2.19. The van der Waals surface area contributed by atoms with Crippen LogP contribution in [0.4, 0.5) is 5.69 Å². The fraction of sp³-hybridized carbons (Fsp3) is 0.417. The fourth-order valence-corrected chi connectivity index (χ4v) is 2.25. The van der Waals surface area contributed by atoms with Crippen LogP contribution in [-0.4, -0.2) is 20.1 Å². The van der Waals surface area contributed by atoms with Crippen molar-refractivity contribution in [1.82, 2.24) is 0 Å². The van der Waals surface area contributed by atoms with Crippen LogP contribution in [0.5, 0.6) is 5.75 Å². The van der Waals surface area contributed by atoms with Crippen LogP contribution >= 0.6 is 11.6 Å². The molecule has 1 aliphatic heterocycles. The highest BCUT2D eigenvalue weighted by molar-refractivity contribution is 6.32. The van der Waals surface area contributed by atoms with Crippen molar-refractivity contribution in [3.05, 3.63) is 22.7 Å². The number of ether oxygens (including phenoxy) is 1. The minimum Gasteiger partial charge on any atom is -0.495 e. The molecule has 4 heteroatoms. The number of benzene rings is 1. The van der Waals surface area contributed by atoms with Crippen LogP contribution in [0, 0.1) is 0 Å². The third-order valence-corrected chi connectivity index (χ3v) is 3.22. The monoisotopic (exact) mass is 239 g/mol. The van der Waals surface area contributed by atoms with E-state index >= 15 is 0 Å². The largest absolute Gasteiger partial charge is 0.495 e. The Morgan fingerprint density at radius 1 is 1.38 bits per heavy atom. The molecule has 1 aliphatic rings. The van der Waals surface area contributed by atoms with E-state index in [4.69, 9.17) is 16.3 Å². The van der Waals surface area contributed by atoms with Gasteiger partial charge in [-0.15, -0.1) is 0 Å². The number of nitrogens with zero attached hydrogens (tertiary/aromatic N) is 1. The quantitative estimate of drug-likeness (QED) is 0.754. The van der Waals surface area contributed by atoms with Crippen molar-refractivity contribution in [3.63, 3.8) is 0 Å². The second kappa shape index (κ2) is 4.34. The number of aryl methyl sites for hydroxylation is 1.